The molecular formula is C13H21NOS. The summed E-state index contributed by atoms with van der Waals surface area (Å²) in [6.07, 6.45) is 6.38. The average Bonchev–Trinajstić information content (AvgIpc) is 2.96. The molecule has 0 aliphatic heterocycles. The number of hydrogen-bond donors (Lipinski definition) is 2. The van der Waals surface area contributed by atoms with Gasteiger partial charge in [0.25, 0.3) is 0 Å². The molecule has 1 fully saturated rings. The maximum absolute atomic E-state index is 9.09. The van der Waals surface area contributed by atoms with Gasteiger partial charge in [0.05, 0.1) is 0 Å². The lowest BCUT2D eigenvalue weighted by Crippen LogP contribution is -2.26. The van der Waals surface area contributed by atoms with Crippen LogP contribution in [0.3, 0.4) is 0 Å². The minimum atomic E-state index is 0.264. The summed E-state index contributed by atoms with van der Waals surface area (Å²) in [4.78, 5) is 1.35. The normalized spacial score (nSPS) is 19.1. The van der Waals surface area contributed by atoms with Crippen LogP contribution >= 0.6 is 11.3 Å². The van der Waals surface area contributed by atoms with Crippen LogP contribution in [0.15, 0.2) is 17.5 Å². The lowest BCUT2D eigenvalue weighted by Gasteiger charge is -2.19. The third kappa shape index (κ3) is 3.30. The van der Waals surface area contributed by atoms with Gasteiger partial charge >= 0.3 is 0 Å². The van der Waals surface area contributed by atoms with Crippen molar-refractivity contribution < 1.29 is 5.11 Å². The molecule has 1 aromatic heterocycles. The molecule has 0 amide bonds. The van der Waals surface area contributed by atoms with Crippen LogP contribution in [0, 0.1) is 5.92 Å². The highest BCUT2D eigenvalue weighted by molar-refractivity contribution is 7.10. The SMILES string of the molecule is OCCC(NCC1CCCC1)c1cccs1. The molecule has 2 rings (SSSR count). The van der Waals surface area contributed by atoms with Gasteiger partial charge in [0.15, 0.2) is 0 Å². The summed E-state index contributed by atoms with van der Waals surface area (Å²) < 4.78 is 0. The highest BCUT2D eigenvalue weighted by Crippen LogP contribution is 2.26. The van der Waals surface area contributed by atoms with Crippen molar-refractivity contribution in [2.75, 3.05) is 13.2 Å². The molecule has 3 heteroatoms. The van der Waals surface area contributed by atoms with E-state index in [0.29, 0.717) is 6.04 Å². The zero-order valence-corrected chi connectivity index (χ0v) is 10.5. The van der Waals surface area contributed by atoms with E-state index in [-0.39, 0.29) is 6.61 Å². The molecule has 2 nitrogen and oxygen atoms in total. The first-order chi connectivity index (χ1) is 7.90. The number of aliphatic hydroxyl groups excluding tert-OH is 1. The molecule has 0 aromatic carbocycles. The molecule has 1 aromatic rings. The molecular weight excluding hydrogens is 218 g/mol. The van der Waals surface area contributed by atoms with Crippen molar-refractivity contribution in [1.29, 1.82) is 0 Å². The van der Waals surface area contributed by atoms with E-state index in [4.69, 9.17) is 5.11 Å². The minimum Gasteiger partial charge on any atom is -0.396 e. The number of rotatable bonds is 6. The fourth-order valence-electron chi connectivity index (χ4n) is 2.49. The Kier molecular flexibility index (Phi) is 4.82. The number of hydrogen-bond acceptors (Lipinski definition) is 3. The van der Waals surface area contributed by atoms with Crippen LogP contribution in [-0.2, 0) is 0 Å². The van der Waals surface area contributed by atoms with Gasteiger partial charge in [0.1, 0.15) is 0 Å². The molecule has 0 radical (unpaired) electrons. The Balaban J connectivity index is 1.82. The van der Waals surface area contributed by atoms with Crippen LogP contribution in [-0.4, -0.2) is 18.3 Å². The van der Waals surface area contributed by atoms with Gasteiger partial charge in [-0.15, -0.1) is 11.3 Å². The van der Waals surface area contributed by atoms with Crippen molar-refractivity contribution in [2.45, 2.75) is 38.1 Å². The van der Waals surface area contributed by atoms with E-state index in [2.05, 4.69) is 22.8 Å². The quantitative estimate of drug-likeness (QED) is 0.800. The van der Waals surface area contributed by atoms with E-state index in [1.807, 2.05) is 0 Å². The molecule has 0 saturated heterocycles. The summed E-state index contributed by atoms with van der Waals surface area (Å²) in [5, 5.41) is 14.8. The van der Waals surface area contributed by atoms with Crippen LogP contribution in [0.25, 0.3) is 0 Å². The molecule has 1 unspecified atom stereocenters. The van der Waals surface area contributed by atoms with Gasteiger partial charge in [-0.3, -0.25) is 0 Å². The highest BCUT2D eigenvalue weighted by atomic mass is 32.1. The smallest absolute Gasteiger partial charge is 0.0449 e. The van der Waals surface area contributed by atoms with Gasteiger partial charge in [0, 0.05) is 17.5 Å². The van der Waals surface area contributed by atoms with E-state index in [1.54, 1.807) is 11.3 Å². The third-order valence-corrected chi connectivity index (χ3v) is 4.42. The van der Waals surface area contributed by atoms with Crippen LogP contribution in [0.4, 0.5) is 0 Å². The van der Waals surface area contributed by atoms with Crippen molar-refractivity contribution in [2.24, 2.45) is 5.92 Å². The van der Waals surface area contributed by atoms with Gasteiger partial charge < -0.3 is 10.4 Å². The van der Waals surface area contributed by atoms with Gasteiger partial charge in [-0.05, 0) is 43.2 Å². The zero-order valence-electron chi connectivity index (χ0n) is 9.69. The molecule has 16 heavy (non-hydrogen) atoms. The Morgan fingerprint density at radius 3 is 2.88 bits per heavy atom. The molecule has 1 heterocycles. The van der Waals surface area contributed by atoms with Crippen LogP contribution in [0.5, 0.6) is 0 Å². The van der Waals surface area contributed by atoms with Crippen molar-refractivity contribution in [3.05, 3.63) is 22.4 Å². The molecule has 1 atom stereocenters. The second-order valence-corrected chi connectivity index (χ2v) is 5.62. The topological polar surface area (TPSA) is 32.3 Å². The second kappa shape index (κ2) is 6.38. The first-order valence-electron chi connectivity index (χ1n) is 6.28. The van der Waals surface area contributed by atoms with E-state index in [9.17, 15) is 0 Å². The molecule has 0 spiro atoms. The van der Waals surface area contributed by atoms with Crippen LogP contribution < -0.4 is 5.32 Å². The fourth-order valence-corrected chi connectivity index (χ4v) is 3.32. The number of nitrogens with one attached hydrogen (secondary N) is 1. The highest BCUT2D eigenvalue weighted by Gasteiger charge is 2.17. The Morgan fingerprint density at radius 1 is 1.44 bits per heavy atom. The molecule has 2 N–H and O–H groups in total. The lowest BCUT2D eigenvalue weighted by molar-refractivity contribution is 0.263. The Hall–Kier alpha value is -0.380. The summed E-state index contributed by atoms with van der Waals surface area (Å²) in [5.74, 6) is 0.862. The van der Waals surface area contributed by atoms with Crippen LogP contribution in [0.2, 0.25) is 0 Å². The van der Waals surface area contributed by atoms with Gasteiger partial charge in [-0.2, -0.15) is 0 Å². The van der Waals surface area contributed by atoms with Crippen molar-refractivity contribution in [3.63, 3.8) is 0 Å². The molecule has 1 aliphatic rings. The van der Waals surface area contributed by atoms with Gasteiger partial charge in [-0.1, -0.05) is 18.9 Å². The van der Waals surface area contributed by atoms with E-state index in [1.165, 1.54) is 30.6 Å². The maximum Gasteiger partial charge on any atom is 0.0449 e. The monoisotopic (exact) mass is 239 g/mol. The molecule has 0 bridgehead atoms. The minimum absolute atomic E-state index is 0.264. The van der Waals surface area contributed by atoms with E-state index < -0.39 is 0 Å². The summed E-state index contributed by atoms with van der Waals surface area (Å²) in [6.45, 7) is 1.38. The van der Waals surface area contributed by atoms with Crippen molar-refractivity contribution in [1.82, 2.24) is 5.32 Å². The summed E-state index contributed by atoms with van der Waals surface area (Å²) in [5.41, 5.74) is 0. The predicted molar refractivity (Wildman–Crippen MR) is 68.7 cm³/mol. The lowest BCUT2D eigenvalue weighted by atomic mass is 10.1. The van der Waals surface area contributed by atoms with Gasteiger partial charge in [-0.25, -0.2) is 0 Å². The number of aliphatic hydroxyl groups is 1. The maximum atomic E-state index is 9.09. The average molecular weight is 239 g/mol. The Labute approximate surface area is 102 Å². The van der Waals surface area contributed by atoms with E-state index in [0.717, 1.165) is 18.9 Å². The summed E-state index contributed by atoms with van der Waals surface area (Å²) in [7, 11) is 0. The second-order valence-electron chi connectivity index (χ2n) is 4.64. The molecule has 1 saturated carbocycles. The summed E-state index contributed by atoms with van der Waals surface area (Å²) in [6, 6.07) is 4.60. The van der Waals surface area contributed by atoms with Crippen molar-refractivity contribution >= 4 is 11.3 Å². The van der Waals surface area contributed by atoms with Crippen molar-refractivity contribution in [3.8, 4) is 0 Å². The van der Waals surface area contributed by atoms with Gasteiger partial charge in [0.2, 0.25) is 0 Å². The molecule has 1 aliphatic carbocycles. The third-order valence-electron chi connectivity index (χ3n) is 3.43. The fraction of sp³-hybridized carbons (Fsp3) is 0.692. The first-order valence-corrected chi connectivity index (χ1v) is 7.15. The standard InChI is InChI=1S/C13H21NOS/c15-8-7-12(13-6-3-9-16-13)14-10-11-4-1-2-5-11/h3,6,9,11-12,14-15H,1-2,4-5,7-8,10H2. The van der Waals surface area contributed by atoms with E-state index >= 15 is 0 Å². The summed E-state index contributed by atoms with van der Waals surface area (Å²) >= 11 is 1.78. The number of thiophene rings is 1. The first kappa shape index (κ1) is 12.1. The van der Waals surface area contributed by atoms with Crippen LogP contribution in [0.1, 0.15) is 43.0 Å². The molecule has 90 valence electrons. The Morgan fingerprint density at radius 2 is 2.25 bits per heavy atom. The Bertz CT molecular complexity index is 280. The largest absolute Gasteiger partial charge is 0.396 e. The zero-order chi connectivity index (χ0) is 11.2. The predicted octanol–water partition coefficient (Wildman–Crippen LogP) is 2.95.